The number of aryl methyl sites for hydroxylation is 1. The molecule has 112 valence electrons. The Morgan fingerprint density at radius 2 is 2.05 bits per heavy atom. The van der Waals surface area contributed by atoms with Gasteiger partial charge in [0.05, 0.1) is 10.7 Å². The molecular weight excluding hydrogens is 286 g/mol. The fourth-order valence-corrected chi connectivity index (χ4v) is 3.36. The molecule has 2 aromatic rings. The summed E-state index contributed by atoms with van der Waals surface area (Å²) in [6.07, 6.45) is 7.65. The Morgan fingerprint density at radius 1 is 1.33 bits per heavy atom. The Kier molecular flexibility index (Phi) is 3.89. The molecule has 0 unspecified atom stereocenters. The van der Waals surface area contributed by atoms with Gasteiger partial charge < -0.3 is 4.90 Å². The van der Waals surface area contributed by atoms with Crippen LogP contribution in [0, 0.1) is 6.92 Å². The van der Waals surface area contributed by atoms with E-state index in [-0.39, 0.29) is 5.91 Å². The first-order valence-corrected chi connectivity index (χ1v) is 7.87. The van der Waals surface area contributed by atoms with Crippen molar-refractivity contribution in [1.29, 1.82) is 0 Å². The summed E-state index contributed by atoms with van der Waals surface area (Å²) in [6, 6.07) is 3.98. The highest BCUT2D eigenvalue weighted by atomic mass is 35.5. The molecule has 2 heterocycles. The molecule has 1 saturated carbocycles. The van der Waals surface area contributed by atoms with Gasteiger partial charge in [-0.05, 0) is 31.9 Å². The van der Waals surface area contributed by atoms with E-state index in [2.05, 4.69) is 4.98 Å². The van der Waals surface area contributed by atoms with Crippen LogP contribution < -0.4 is 0 Å². The monoisotopic (exact) mass is 305 g/mol. The molecule has 0 saturated heterocycles. The minimum absolute atomic E-state index is 0.0363. The molecule has 5 heteroatoms. The molecule has 0 bridgehead atoms. The van der Waals surface area contributed by atoms with Crippen molar-refractivity contribution in [1.82, 2.24) is 14.3 Å². The predicted octanol–water partition coefficient (Wildman–Crippen LogP) is 3.70. The second kappa shape index (κ2) is 5.68. The number of amides is 1. The normalized spacial score (nSPS) is 16.3. The molecule has 3 rings (SSSR count). The Labute approximate surface area is 129 Å². The van der Waals surface area contributed by atoms with Gasteiger partial charge in [0.1, 0.15) is 11.3 Å². The van der Waals surface area contributed by atoms with Crippen molar-refractivity contribution in [2.75, 3.05) is 7.05 Å². The number of hydrogen-bond donors (Lipinski definition) is 0. The second-order valence-corrected chi connectivity index (χ2v) is 6.27. The minimum Gasteiger partial charge on any atom is -0.337 e. The maximum absolute atomic E-state index is 12.9. The molecule has 1 aliphatic rings. The fraction of sp³-hybridized carbons (Fsp3) is 0.500. The Morgan fingerprint density at radius 3 is 2.76 bits per heavy atom. The van der Waals surface area contributed by atoms with Crippen LogP contribution >= 0.6 is 11.6 Å². The first-order valence-electron chi connectivity index (χ1n) is 7.49. The lowest BCUT2D eigenvalue weighted by Crippen LogP contribution is -2.39. The summed E-state index contributed by atoms with van der Waals surface area (Å²) >= 11 is 6.06. The summed E-state index contributed by atoms with van der Waals surface area (Å²) in [5, 5.41) is 0.606. The molecule has 0 aromatic carbocycles. The summed E-state index contributed by atoms with van der Waals surface area (Å²) in [5.41, 5.74) is 2.14. The molecule has 0 spiro atoms. The Balaban J connectivity index is 1.96. The molecule has 0 atom stereocenters. The molecule has 0 N–H and O–H groups in total. The number of fused-ring (bicyclic) bond motifs is 1. The third-order valence-electron chi connectivity index (χ3n) is 4.40. The topological polar surface area (TPSA) is 37.6 Å². The summed E-state index contributed by atoms with van der Waals surface area (Å²) in [5.74, 6) is 0.0363. The molecule has 1 fully saturated rings. The molecule has 21 heavy (non-hydrogen) atoms. The van der Waals surface area contributed by atoms with Crippen LogP contribution in [0.2, 0.25) is 5.02 Å². The average Bonchev–Trinajstić information content (AvgIpc) is 2.82. The van der Waals surface area contributed by atoms with Crippen LogP contribution in [0.15, 0.2) is 18.3 Å². The van der Waals surface area contributed by atoms with Gasteiger partial charge in [0.15, 0.2) is 0 Å². The van der Waals surface area contributed by atoms with E-state index in [0.717, 1.165) is 24.2 Å². The average molecular weight is 306 g/mol. The molecule has 0 aliphatic heterocycles. The Hall–Kier alpha value is -1.55. The van der Waals surface area contributed by atoms with E-state index in [9.17, 15) is 4.79 Å². The summed E-state index contributed by atoms with van der Waals surface area (Å²) in [7, 11) is 1.90. The highest BCUT2D eigenvalue weighted by molar-refractivity contribution is 6.30. The Bertz CT molecular complexity index is 673. The highest BCUT2D eigenvalue weighted by Crippen LogP contribution is 2.24. The quantitative estimate of drug-likeness (QED) is 0.848. The van der Waals surface area contributed by atoms with Crippen molar-refractivity contribution in [3.63, 3.8) is 0 Å². The molecule has 4 nitrogen and oxygen atoms in total. The van der Waals surface area contributed by atoms with Crippen LogP contribution in [0.3, 0.4) is 0 Å². The van der Waals surface area contributed by atoms with E-state index in [1.165, 1.54) is 19.3 Å². The van der Waals surface area contributed by atoms with Gasteiger partial charge in [-0.2, -0.15) is 0 Å². The van der Waals surface area contributed by atoms with Gasteiger partial charge in [-0.15, -0.1) is 0 Å². The van der Waals surface area contributed by atoms with Crippen LogP contribution in [0.25, 0.3) is 5.65 Å². The van der Waals surface area contributed by atoms with Crippen molar-refractivity contribution < 1.29 is 4.79 Å². The summed E-state index contributed by atoms with van der Waals surface area (Å²) in [4.78, 5) is 19.2. The van der Waals surface area contributed by atoms with Crippen LogP contribution in [0.4, 0.5) is 0 Å². The van der Waals surface area contributed by atoms with Crippen molar-refractivity contribution in [3.8, 4) is 0 Å². The zero-order valence-corrected chi connectivity index (χ0v) is 13.2. The third-order valence-corrected chi connectivity index (χ3v) is 4.63. The maximum Gasteiger partial charge on any atom is 0.272 e. The van der Waals surface area contributed by atoms with Gasteiger partial charge in [0.25, 0.3) is 5.91 Å². The zero-order valence-electron chi connectivity index (χ0n) is 12.5. The highest BCUT2D eigenvalue weighted by Gasteiger charge is 2.26. The number of imidazole rings is 1. The van der Waals surface area contributed by atoms with Crippen molar-refractivity contribution in [2.24, 2.45) is 0 Å². The number of carbonyl (C=O) groups is 1. The lowest BCUT2D eigenvalue weighted by atomic mass is 9.94. The van der Waals surface area contributed by atoms with E-state index in [1.807, 2.05) is 24.9 Å². The van der Waals surface area contributed by atoms with Crippen molar-refractivity contribution in [3.05, 3.63) is 34.7 Å². The largest absolute Gasteiger partial charge is 0.337 e. The number of hydrogen-bond acceptors (Lipinski definition) is 2. The minimum atomic E-state index is 0.0363. The molecule has 1 aliphatic carbocycles. The standard InChI is InChI=1S/C16H20ClN3O/c1-11-15(20-10-12(17)8-9-14(20)18-11)16(21)19(2)13-6-4-3-5-7-13/h8-10,13H,3-7H2,1-2H3. The third kappa shape index (κ3) is 2.64. The number of nitrogens with zero attached hydrogens (tertiary/aromatic N) is 3. The van der Waals surface area contributed by atoms with Gasteiger partial charge in [-0.1, -0.05) is 30.9 Å². The SMILES string of the molecule is Cc1nc2ccc(Cl)cn2c1C(=O)N(C)C1CCCCC1. The number of rotatable bonds is 2. The maximum atomic E-state index is 12.9. The van der Waals surface area contributed by atoms with Crippen LogP contribution in [0.5, 0.6) is 0 Å². The first-order chi connectivity index (χ1) is 10.1. The predicted molar refractivity (Wildman–Crippen MR) is 83.9 cm³/mol. The van der Waals surface area contributed by atoms with Gasteiger partial charge in [0.2, 0.25) is 0 Å². The lowest BCUT2D eigenvalue weighted by Gasteiger charge is -2.31. The van der Waals surface area contributed by atoms with E-state index in [1.54, 1.807) is 16.7 Å². The van der Waals surface area contributed by atoms with Gasteiger partial charge in [0, 0.05) is 19.3 Å². The second-order valence-electron chi connectivity index (χ2n) is 5.83. The van der Waals surface area contributed by atoms with E-state index < -0.39 is 0 Å². The molecule has 2 aromatic heterocycles. The van der Waals surface area contributed by atoms with Crippen molar-refractivity contribution >= 4 is 23.2 Å². The smallest absolute Gasteiger partial charge is 0.272 e. The van der Waals surface area contributed by atoms with E-state index >= 15 is 0 Å². The van der Waals surface area contributed by atoms with Crippen LogP contribution in [-0.2, 0) is 0 Å². The first kappa shape index (κ1) is 14.4. The molecule has 1 amide bonds. The zero-order chi connectivity index (χ0) is 15.0. The number of pyridine rings is 1. The fourth-order valence-electron chi connectivity index (χ4n) is 3.20. The summed E-state index contributed by atoms with van der Waals surface area (Å²) < 4.78 is 1.80. The van der Waals surface area contributed by atoms with Gasteiger partial charge in [-0.25, -0.2) is 4.98 Å². The summed E-state index contributed by atoms with van der Waals surface area (Å²) in [6.45, 7) is 1.88. The van der Waals surface area contributed by atoms with Crippen molar-refractivity contribution in [2.45, 2.75) is 45.1 Å². The lowest BCUT2D eigenvalue weighted by molar-refractivity contribution is 0.0688. The number of aromatic nitrogens is 2. The number of carbonyl (C=O) groups excluding carboxylic acids is 1. The van der Waals surface area contributed by atoms with E-state index in [0.29, 0.717) is 16.8 Å². The van der Waals surface area contributed by atoms with E-state index in [4.69, 9.17) is 11.6 Å². The van der Waals surface area contributed by atoms with Gasteiger partial charge >= 0.3 is 0 Å². The van der Waals surface area contributed by atoms with Gasteiger partial charge in [-0.3, -0.25) is 9.20 Å². The molecular formula is C16H20ClN3O. The van der Waals surface area contributed by atoms with Crippen LogP contribution in [-0.4, -0.2) is 33.3 Å². The molecule has 0 radical (unpaired) electrons. The number of halogens is 1. The van der Waals surface area contributed by atoms with Crippen LogP contribution in [0.1, 0.15) is 48.3 Å².